The molecule has 0 saturated heterocycles. The van der Waals surface area contributed by atoms with Crippen LogP contribution in [0.3, 0.4) is 0 Å². The fourth-order valence-electron chi connectivity index (χ4n) is 1.96. The molecule has 0 bridgehead atoms. The second-order valence-corrected chi connectivity index (χ2v) is 5.04. The maximum Gasteiger partial charge on any atom is 0.200 e. The molecule has 0 saturated carbocycles. The number of phenolic OH excluding ortho intramolecular Hbond substituents is 1. The van der Waals surface area contributed by atoms with Gasteiger partial charge in [0.2, 0.25) is 5.75 Å². The summed E-state index contributed by atoms with van der Waals surface area (Å²) in [5.41, 5.74) is 1.03. The fraction of sp³-hybridized carbons (Fsp3) is 0.600. The summed E-state index contributed by atoms with van der Waals surface area (Å²) in [6.07, 6.45) is 2.33. The van der Waals surface area contributed by atoms with Gasteiger partial charge in [-0.3, -0.25) is 0 Å². The minimum atomic E-state index is 0.0460. The van der Waals surface area contributed by atoms with E-state index in [0.717, 1.165) is 31.6 Å². The number of nitrogens with one attached hydrogen (secondary N) is 1. The average molecular weight is 282 g/mol. The standard InChI is InChI=1S/C15H26N2O3/c1-17(2)8-6-5-7-16-11-12-9-13(19-3)15(18)14(10-12)20-4/h9-10,16,18H,5-8,11H2,1-4H3. The zero-order valence-electron chi connectivity index (χ0n) is 12.9. The highest BCUT2D eigenvalue weighted by Gasteiger charge is 2.10. The van der Waals surface area contributed by atoms with Crippen LogP contribution in [0.2, 0.25) is 0 Å². The highest BCUT2D eigenvalue weighted by Crippen LogP contribution is 2.36. The first-order valence-electron chi connectivity index (χ1n) is 6.87. The molecule has 0 fully saturated rings. The van der Waals surface area contributed by atoms with Crippen molar-refractivity contribution in [1.29, 1.82) is 0 Å². The molecule has 1 rings (SSSR count). The Kier molecular flexibility index (Phi) is 7.18. The van der Waals surface area contributed by atoms with E-state index in [2.05, 4.69) is 24.3 Å². The quantitative estimate of drug-likeness (QED) is 0.677. The molecule has 0 aliphatic rings. The number of hydrogen-bond acceptors (Lipinski definition) is 5. The van der Waals surface area contributed by atoms with Crippen LogP contribution in [-0.4, -0.2) is 51.4 Å². The van der Waals surface area contributed by atoms with E-state index in [1.54, 1.807) is 0 Å². The molecule has 0 heterocycles. The number of nitrogens with zero attached hydrogens (tertiary/aromatic N) is 1. The molecule has 5 nitrogen and oxygen atoms in total. The maximum absolute atomic E-state index is 9.83. The van der Waals surface area contributed by atoms with Crippen LogP contribution in [0.5, 0.6) is 17.2 Å². The molecular formula is C15H26N2O3. The molecule has 0 atom stereocenters. The average Bonchev–Trinajstić information content (AvgIpc) is 2.43. The summed E-state index contributed by atoms with van der Waals surface area (Å²) in [7, 11) is 7.24. The lowest BCUT2D eigenvalue weighted by Gasteiger charge is -2.12. The van der Waals surface area contributed by atoms with Crippen LogP contribution in [0.4, 0.5) is 0 Å². The van der Waals surface area contributed by atoms with Gasteiger partial charge in [-0.2, -0.15) is 0 Å². The Morgan fingerprint density at radius 1 is 1.10 bits per heavy atom. The number of rotatable bonds is 9. The van der Waals surface area contributed by atoms with Gasteiger partial charge in [0.15, 0.2) is 11.5 Å². The van der Waals surface area contributed by atoms with Crippen LogP contribution in [0.15, 0.2) is 12.1 Å². The second-order valence-electron chi connectivity index (χ2n) is 5.04. The third-order valence-corrected chi connectivity index (χ3v) is 3.08. The van der Waals surface area contributed by atoms with Crippen molar-refractivity contribution in [3.63, 3.8) is 0 Å². The number of phenols is 1. The molecule has 5 heteroatoms. The predicted octanol–water partition coefficient (Wildman–Crippen LogP) is 1.84. The van der Waals surface area contributed by atoms with Crippen LogP contribution >= 0.6 is 0 Å². The van der Waals surface area contributed by atoms with Gasteiger partial charge in [0.1, 0.15) is 0 Å². The van der Waals surface area contributed by atoms with E-state index in [1.165, 1.54) is 20.6 Å². The van der Waals surface area contributed by atoms with E-state index in [1.807, 2.05) is 12.1 Å². The summed E-state index contributed by atoms with van der Waals surface area (Å²) in [5, 5.41) is 13.2. The smallest absolute Gasteiger partial charge is 0.200 e. The summed E-state index contributed by atoms with van der Waals surface area (Å²) >= 11 is 0. The molecule has 1 aromatic carbocycles. The van der Waals surface area contributed by atoms with Crippen molar-refractivity contribution in [3.05, 3.63) is 17.7 Å². The lowest BCUT2D eigenvalue weighted by Crippen LogP contribution is -2.18. The van der Waals surface area contributed by atoms with Gasteiger partial charge in [-0.05, 0) is 57.7 Å². The lowest BCUT2D eigenvalue weighted by atomic mass is 10.1. The third kappa shape index (κ3) is 5.27. The first-order valence-corrected chi connectivity index (χ1v) is 6.87. The molecule has 1 aromatic rings. The van der Waals surface area contributed by atoms with Gasteiger partial charge in [0.05, 0.1) is 14.2 Å². The Balaban J connectivity index is 2.44. The second kappa shape index (κ2) is 8.66. The Hall–Kier alpha value is -1.46. The molecule has 20 heavy (non-hydrogen) atoms. The van der Waals surface area contributed by atoms with E-state index >= 15 is 0 Å². The zero-order valence-corrected chi connectivity index (χ0v) is 12.9. The Labute approximate surface area is 121 Å². The van der Waals surface area contributed by atoms with Gasteiger partial charge in [0.25, 0.3) is 0 Å². The normalized spacial score (nSPS) is 10.8. The van der Waals surface area contributed by atoms with Gasteiger partial charge < -0.3 is 24.8 Å². The Morgan fingerprint density at radius 3 is 2.20 bits per heavy atom. The van der Waals surface area contributed by atoms with Crippen molar-refractivity contribution in [1.82, 2.24) is 10.2 Å². The lowest BCUT2D eigenvalue weighted by molar-refractivity contribution is 0.339. The van der Waals surface area contributed by atoms with Crippen molar-refractivity contribution in [2.45, 2.75) is 19.4 Å². The Bertz CT molecular complexity index is 383. The van der Waals surface area contributed by atoms with E-state index in [9.17, 15) is 5.11 Å². The molecule has 0 spiro atoms. The van der Waals surface area contributed by atoms with Crippen LogP contribution in [-0.2, 0) is 6.54 Å². The minimum absolute atomic E-state index is 0.0460. The summed E-state index contributed by atoms with van der Waals surface area (Å²) in [4.78, 5) is 2.19. The monoisotopic (exact) mass is 282 g/mol. The number of benzene rings is 1. The predicted molar refractivity (Wildman–Crippen MR) is 80.7 cm³/mol. The summed E-state index contributed by atoms with van der Waals surface area (Å²) in [5.74, 6) is 0.923. The van der Waals surface area contributed by atoms with Gasteiger partial charge >= 0.3 is 0 Å². The number of methoxy groups -OCH3 is 2. The number of aromatic hydroxyl groups is 1. The first-order chi connectivity index (χ1) is 9.58. The van der Waals surface area contributed by atoms with Crippen LogP contribution < -0.4 is 14.8 Å². The largest absolute Gasteiger partial charge is 0.502 e. The minimum Gasteiger partial charge on any atom is -0.502 e. The van der Waals surface area contributed by atoms with E-state index < -0.39 is 0 Å². The molecule has 0 aromatic heterocycles. The fourth-order valence-corrected chi connectivity index (χ4v) is 1.96. The maximum atomic E-state index is 9.83. The topological polar surface area (TPSA) is 54.0 Å². The van der Waals surface area contributed by atoms with Gasteiger partial charge in [-0.25, -0.2) is 0 Å². The highest BCUT2D eigenvalue weighted by atomic mass is 16.5. The van der Waals surface area contributed by atoms with Crippen LogP contribution in [0.1, 0.15) is 18.4 Å². The Morgan fingerprint density at radius 2 is 1.70 bits per heavy atom. The molecule has 0 aliphatic heterocycles. The summed E-state index contributed by atoms with van der Waals surface area (Å²) in [6.45, 7) is 2.82. The third-order valence-electron chi connectivity index (χ3n) is 3.08. The number of hydrogen-bond donors (Lipinski definition) is 2. The van der Waals surface area contributed by atoms with Gasteiger partial charge in [-0.1, -0.05) is 0 Å². The van der Waals surface area contributed by atoms with Crippen molar-refractivity contribution in [2.75, 3.05) is 41.4 Å². The molecule has 0 aliphatic carbocycles. The van der Waals surface area contributed by atoms with E-state index in [0.29, 0.717) is 11.5 Å². The van der Waals surface area contributed by atoms with Crippen molar-refractivity contribution in [3.8, 4) is 17.2 Å². The van der Waals surface area contributed by atoms with Crippen molar-refractivity contribution < 1.29 is 14.6 Å². The molecule has 0 unspecified atom stereocenters. The molecule has 0 radical (unpaired) electrons. The van der Waals surface area contributed by atoms with Crippen LogP contribution in [0.25, 0.3) is 0 Å². The molecule has 0 amide bonds. The number of ether oxygens (including phenoxy) is 2. The van der Waals surface area contributed by atoms with Crippen molar-refractivity contribution in [2.24, 2.45) is 0 Å². The van der Waals surface area contributed by atoms with Gasteiger partial charge in [0, 0.05) is 6.54 Å². The summed E-state index contributed by atoms with van der Waals surface area (Å²) < 4.78 is 10.3. The number of unbranched alkanes of at least 4 members (excludes halogenated alkanes) is 1. The molecular weight excluding hydrogens is 256 g/mol. The zero-order chi connectivity index (χ0) is 15.0. The molecule has 2 N–H and O–H groups in total. The molecule has 114 valence electrons. The SMILES string of the molecule is COc1cc(CNCCCCN(C)C)cc(OC)c1O. The van der Waals surface area contributed by atoms with E-state index in [4.69, 9.17) is 9.47 Å². The van der Waals surface area contributed by atoms with Crippen molar-refractivity contribution >= 4 is 0 Å². The highest BCUT2D eigenvalue weighted by molar-refractivity contribution is 5.52. The first kappa shape index (κ1) is 16.6. The summed E-state index contributed by atoms with van der Waals surface area (Å²) in [6, 6.07) is 3.65. The van der Waals surface area contributed by atoms with Crippen LogP contribution in [0, 0.1) is 0 Å². The van der Waals surface area contributed by atoms with E-state index in [-0.39, 0.29) is 5.75 Å². The van der Waals surface area contributed by atoms with Gasteiger partial charge in [-0.15, -0.1) is 0 Å².